The number of aromatic nitrogens is 1. The maximum absolute atomic E-state index is 13.6. The fourth-order valence-electron chi connectivity index (χ4n) is 1.79. The minimum absolute atomic E-state index is 0.185. The van der Waals surface area contributed by atoms with Gasteiger partial charge in [0.25, 0.3) is 0 Å². The zero-order valence-electron chi connectivity index (χ0n) is 11.3. The first-order chi connectivity index (χ1) is 10.1. The third-order valence-electron chi connectivity index (χ3n) is 2.80. The maximum atomic E-state index is 13.6. The van der Waals surface area contributed by atoms with E-state index in [1.807, 2.05) is 6.07 Å². The lowest BCUT2D eigenvalue weighted by Gasteiger charge is -2.15. The van der Waals surface area contributed by atoms with E-state index in [1.165, 1.54) is 23.9 Å². The highest BCUT2D eigenvalue weighted by Gasteiger charge is 2.14. The highest BCUT2D eigenvalue weighted by molar-refractivity contribution is 7.99. The van der Waals surface area contributed by atoms with Gasteiger partial charge < -0.3 is 5.32 Å². The van der Waals surface area contributed by atoms with Crippen LogP contribution in [0.2, 0.25) is 0 Å². The number of rotatable bonds is 5. The zero-order valence-corrected chi connectivity index (χ0v) is 12.2. The molecule has 1 heterocycles. The molecule has 0 aliphatic rings. The van der Waals surface area contributed by atoms with Crippen molar-refractivity contribution < 1.29 is 13.6 Å². The molecule has 0 spiro atoms. The van der Waals surface area contributed by atoms with Gasteiger partial charge in [0.05, 0.1) is 16.8 Å². The zero-order chi connectivity index (χ0) is 15.2. The monoisotopic (exact) mass is 308 g/mol. The van der Waals surface area contributed by atoms with Crippen molar-refractivity contribution in [2.45, 2.75) is 18.0 Å². The first kappa shape index (κ1) is 15.4. The van der Waals surface area contributed by atoms with Crippen molar-refractivity contribution in [3.05, 3.63) is 59.8 Å². The average molecular weight is 308 g/mol. The Morgan fingerprint density at radius 3 is 2.81 bits per heavy atom. The van der Waals surface area contributed by atoms with E-state index in [9.17, 15) is 13.6 Å². The third-order valence-corrected chi connectivity index (χ3v) is 3.74. The summed E-state index contributed by atoms with van der Waals surface area (Å²) in [7, 11) is 0. The molecule has 6 heteroatoms. The van der Waals surface area contributed by atoms with E-state index >= 15 is 0 Å². The van der Waals surface area contributed by atoms with Crippen LogP contribution in [0.5, 0.6) is 0 Å². The Morgan fingerprint density at radius 1 is 1.33 bits per heavy atom. The van der Waals surface area contributed by atoms with E-state index in [4.69, 9.17) is 0 Å². The number of thioether (sulfide) groups is 1. The number of halogens is 2. The summed E-state index contributed by atoms with van der Waals surface area (Å²) in [6.45, 7) is 1.65. The third kappa shape index (κ3) is 4.53. The van der Waals surface area contributed by atoms with Crippen LogP contribution in [0.3, 0.4) is 0 Å². The summed E-state index contributed by atoms with van der Waals surface area (Å²) in [4.78, 5) is 15.9. The number of benzene rings is 1. The summed E-state index contributed by atoms with van der Waals surface area (Å²) in [5.41, 5.74) is 0.257. The highest BCUT2D eigenvalue weighted by atomic mass is 32.2. The molecule has 110 valence electrons. The summed E-state index contributed by atoms with van der Waals surface area (Å²) in [6, 6.07) is 8.22. The SMILES string of the molecule is C[C@@H](NC(=O)CSc1ccccn1)c1ccc(F)cc1F. The molecule has 1 aromatic heterocycles. The van der Waals surface area contributed by atoms with E-state index < -0.39 is 17.7 Å². The largest absolute Gasteiger partial charge is 0.349 e. The van der Waals surface area contributed by atoms with E-state index in [0.29, 0.717) is 0 Å². The van der Waals surface area contributed by atoms with Gasteiger partial charge in [0.1, 0.15) is 11.6 Å². The Labute approximate surface area is 125 Å². The fraction of sp³-hybridized carbons (Fsp3) is 0.200. The van der Waals surface area contributed by atoms with Crippen LogP contribution in [0, 0.1) is 11.6 Å². The molecule has 1 N–H and O–H groups in total. The molecule has 2 rings (SSSR count). The topological polar surface area (TPSA) is 42.0 Å². The number of carbonyl (C=O) groups is 1. The molecule has 0 aliphatic carbocycles. The van der Waals surface area contributed by atoms with Crippen molar-refractivity contribution in [1.29, 1.82) is 0 Å². The van der Waals surface area contributed by atoms with Crippen LogP contribution >= 0.6 is 11.8 Å². The molecule has 21 heavy (non-hydrogen) atoms. The number of hydrogen-bond acceptors (Lipinski definition) is 3. The Morgan fingerprint density at radius 2 is 2.14 bits per heavy atom. The second-order valence-electron chi connectivity index (χ2n) is 4.41. The van der Waals surface area contributed by atoms with Gasteiger partial charge in [-0.25, -0.2) is 13.8 Å². The van der Waals surface area contributed by atoms with Crippen molar-refractivity contribution in [2.75, 3.05) is 5.75 Å². The minimum Gasteiger partial charge on any atom is -0.349 e. The highest BCUT2D eigenvalue weighted by Crippen LogP contribution is 2.18. The van der Waals surface area contributed by atoms with E-state index in [0.717, 1.165) is 11.1 Å². The van der Waals surface area contributed by atoms with Crippen LogP contribution in [0.1, 0.15) is 18.5 Å². The number of nitrogens with zero attached hydrogens (tertiary/aromatic N) is 1. The molecule has 1 atom stereocenters. The Kier molecular flexibility index (Phi) is 5.27. The molecule has 1 aromatic carbocycles. The van der Waals surface area contributed by atoms with Gasteiger partial charge in [-0.1, -0.05) is 23.9 Å². The molecule has 1 amide bonds. The predicted octanol–water partition coefficient (Wildman–Crippen LogP) is 3.33. The molecule has 0 saturated heterocycles. The summed E-state index contributed by atoms with van der Waals surface area (Å²) in [5.74, 6) is -1.35. The van der Waals surface area contributed by atoms with Crippen molar-refractivity contribution in [3.63, 3.8) is 0 Å². The Bertz CT molecular complexity index is 622. The molecule has 0 bridgehead atoms. The first-order valence-electron chi connectivity index (χ1n) is 6.34. The van der Waals surface area contributed by atoms with Crippen LogP contribution < -0.4 is 5.32 Å². The lowest BCUT2D eigenvalue weighted by molar-refractivity contribution is -0.119. The van der Waals surface area contributed by atoms with Crippen LogP contribution in [0.15, 0.2) is 47.6 Å². The molecular formula is C15H14F2N2OS. The summed E-state index contributed by atoms with van der Waals surface area (Å²) < 4.78 is 26.4. The van der Waals surface area contributed by atoms with Gasteiger partial charge in [0.2, 0.25) is 5.91 Å². The quantitative estimate of drug-likeness (QED) is 0.862. The lowest BCUT2D eigenvalue weighted by atomic mass is 10.1. The Hall–Kier alpha value is -1.95. The van der Waals surface area contributed by atoms with E-state index in [2.05, 4.69) is 10.3 Å². The number of pyridine rings is 1. The number of amides is 1. The van der Waals surface area contributed by atoms with Crippen LogP contribution in [-0.2, 0) is 4.79 Å². The summed E-state index contributed by atoms with van der Waals surface area (Å²) in [6.07, 6.45) is 1.65. The summed E-state index contributed by atoms with van der Waals surface area (Å²) >= 11 is 1.30. The number of hydrogen-bond donors (Lipinski definition) is 1. The number of carbonyl (C=O) groups excluding carboxylic acids is 1. The molecule has 0 aliphatic heterocycles. The van der Waals surface area contributed by atoms with E-state index in [-0.39, 0.29) is 17.2 Å². The molecule has 0 unspecified atom stereocenters. The maximum Gasteiger partial charge on any atom is 0.230 e. The summed E-state index contributed by atoms with van der Waals surface area (Å²) in [5, 5.41) is 3.42. The molecule has 0 fully saturated rings. The van der Waals surface area contributed by atoms with Crippen molar-refractivity contribution in [3.8, 4) is 0 Å². The second-order valence-corrected chi connectivity index (χ2v) is 5.41. The van der Waals surface area contributed by atoms with Gasteiger partial charge in [-0.05, 0) is 25.1 Å². The van der Waals surface area contributed by atoms with Gasteiger partial charge in [-0.15, -0.1) is 0 Å². The molecule has 2 aromatic rings. The van der Waals surface area contributed by atoms with Crippen LogP contribution in [-0.4, -0.2) is 16.6 Å². The van der Waals surface area contributed by atoms with Gasteiger partial charge in [-0.3, -0.25) is 4.79 Å². The Balaban J connectivity index is 1.90. The van der Waals surface area contributed by atoms with Gasteiger partial charge in [0, 0.05) is 17.8 Å². The minimum atomic E-state index is -0.667. The standard InChI is InChI=1S/C15H14F2N2OS/c1-10(12-6-5-11(16)8-13(12)17)19-14(20)9-21-15-4-2-3-7-18-15/h2-8,10H,9H2,1H3,(H,19,20)/t10-/m1/s1. The van der Waals surface area contributed by atoms with Gasteiger partial charge >= 0.3 is 0 Å². The first-order valence-corrected chi connectivity index (χ1v) is 7.33. The molecular weight excluding hydrogens is 294 g/mol. The van der Waals surface area contributed by atoms with Gasteiger partial charge in [0.15, 0.2) is 0 Å². The fourth-order valence-corrected chi connectivity index (χ4v) is 2.46. The smallest absolute Gasteiger partial charge is 0.230 e. The molecule has 0 saturated carbocycles. The second kappa shape index (κ2) is 7.17. The normalized spacial score (nSPS) is 12.0. The predicted molar refractivity (Wildman–Crippen MR) is 77.9 cm³/mol. The molecule has 0 radical (unpaired) electrons. The van der Waals surface area contributed by atoms with Crippen molar-refractivity contribution in [2.24, 2.45) is 0 Å². The van der Waals surface area contributed by atoms with Crippen LogP contribution in [0.25, 0.3) is 0 Å². The average Bonchev–Trinajstić information content (AvgIpc) is 2.46. The van der Waals surface area contributed by atoms with Crippen molar-refractivity contribution in [1.82, 2.24) is 10.3 Å². The van der Waals surface area contributed by atoms with Gasteiger partial charge in [-0.2, -0.15) is 0 Å². The van der Waals surface area contributed by atoms with Crippen LogP contribution in [0.4, 0.5) is 8.78 Å². The van der Waals surface area contributed by atoms with E-state index in [1.54, 1.807) is 25.3 Å². The lowest BCUT2D eigenvalue weighted by Crippen LogP contribution is -2.28. The number of nitrogens with one attached hydrogen (secondary N) is 1. The van der Waals surface area contributed by atoms with Crippen molar-refractivity contribution >= 4 is 17.7 Å². The molecule has 3 nitrogen and oxygen atoms in total.